The van der Waals surface area contributed by atoms with Gasteiger partial charge in [-0.05, 0) is 79.6 Å². The van der Waals surface area contributed by atoms with Gasteiger partial charge in [0.15, 0.2) is 0 Å². The van der Waals surface area contributed by atoms with Crippen molar-refractivity contribution in [3.8, 4) is 11.1 Å². The molecule has 6 heterocycles. The Labute approximate surface area is 297 Å². The van der Waals surface area contributed by atoms with Crippen LogP contribution in [-0.4, -0.2) is 81.0 Å². The van der Waals surface area contributed by atoms with Crippen molar-refractivity contribution < 1.29 is 19.0 Å². The molecule has 2 N–H and O–H groups in total. The Balaban J connectivity index is 1.06. The largest absolute Gasteiger partial charge is 0.392 e. The molecule has 0 radical (unpaired) electrons. The van der Waals surface area contributed by atoms with Crippen LogP contribution in [0.25, 0.3) is 11.1 Å². The van der Waals surface area contributed by atoms with Crippen LogP contribution >= 0.6 is 0 Å². The molecule has 51 heavy (non-hydrogen) atoms. The first-order chi connectivity index (χ1) is 24.4. The molecule has 0 saturated carbocycles. The number of amides is 1. The average molecular weight is 696 g/mol. The molecular formula is C39H46FN7O4. The molecule has 1 aliphatic carbocycles. The number of nitrogens with zero attached hydrogens (tertiary/aromatic N) is 6. The van der Waals surface area contributed by atoms with E-state index < -0.39 is 12.4 Å². The summed E-state index contributed by atoms with van der Waals surface area (Å²) in [6.45, 7) is 12.9. The first-order valence-corrected chi connectivity index (χ1v) is 17.9. The van der Waals surface area contributed by atoms with Gasteiger partial charge in [-0.25, -0.2) is 9.37 Å². The molecule has 4 aromatic rings. The third kappa shape index (κ3) is 5.92. The van der Waals surface area contributed by atoms with E-state index in [9.17, 15) is 14.7 Å². The summed E-state index contributed by atoms with van der Waals surface area (Å²) in [5.74, 6) is -0.254. The zero-order valence-corrected chi connectivity index (χ0v) is 29.9. The first-order valence-electron chi connectivity index (χ1n) is 17.9. The molecule has 4 aliphatic rings. The van der Waals surface area contributed by atoms with Gasteiger partial charge in [0.2, 0.25) is 0 Å². The molecule has 0 bridgehead atoms. The van der Waals surface area contributed by atoms with Crippen LogP contribution in [-0.2, 0) is 37.8 Å². The molecule has 2 saturated heterocycles. The maximum Gasteiger partial charge on any atom is 0.274 e. The summed E-state index contributed by atoms with van der Waals surface area (Å²) in [5.41, 5.74) is 5.83. The topological polar surface area (TPSA) is 108 Å². The van der Waals surface area contributed by atoms with E-state index in [-0.39, 0.29) is 22.6 Å². The Bertz CT molecular complexity index is 2070. The maximum absolute atomic E-state index is 15.4. The lowest BCUT2D eigenvalue weighted by atomic mass is 9.90. The van der Waals surface area contributed by atoms with Crippen molar-refractivity contribution in [1.82, 2.24) is 19.0 Å². The fourth-order valence-corrected chi connectivity index (χ4v) is 8.58. The van der Waals surface area contributed by atoms with Gasteiger partial charge in [0.25, 0.3) is 11.5 Å². The Hall–Kier alpha value is -4.52. The maximum atomic E-state index is 15.4. The van der Waals surface area contributed by atoms with Crippen LogP contribution in [0.1, 0.15) is 55.0 Å². The number of fused-ring (bicyclic) bond motifs is 3. The number of rotatable bonds is 7. The highest BCUT2D eigenvalue weighted by Gasteiger charge is 2.38. The van der Waals surface area contributed by atoms with Crippen LogP contribution in [0, 0.1) is 11.2 Å². The van der Waals surface area contributed by atoms with Crippen molar-refractivity contribution in [2.24, 2.45) is 12.5 Å². The third-order valence-electron chi connectivity index (χ3n) is 11.2. The number of aryl methyl sites for hydroxylation is 1. The normalized spacial score (nSPS) is 21.8. The van der Waals surface area contributed by atoms with E-state index in [0.717, 1.165) is 44.8 Å². The van der Waals surface area contributed by atoms with Crippen LogP contribution in [0.5, 0.6) is 0 Å². The Morgan fingerprint density at radius 3 is 2.55 bits per heavy atom. The molecule has 2 atom stereocenters. The number of nitrogens with one attached hydrogen (secondary N) is 1. The number of piperazine rings is 1. The quantitative estimate of drug-likeness (QED) is 0.287. The van der Waals surface area contributed by atoms with Crippen LogP contribution in [0.4, 0.5) is 27.3 Å². The summed E-state index contributed by atoms with van der Waals surface area (Å²) in [6.07, 6.45) is 5.27. The number of benzene rings is 1. The van der Waals surface area contributed by atoms with Crippen LogP contribution in [0.15, 0.2) is 53.6 Å². The van der Waals surface area contributed by atoms with Crippen molar-refractivity contribution in [2.45, 2.75) is 71.8 Å². The second-order valence-corrected chi connectivity index (χ2v) is 15.6. The van der Waals surface area contributed by atoms with Crippen molar-refractivity contribution in [1.29, 1.82) is 0 Å². The zero-order chi connectivity index (χ0) is 35.8. The van der Waals surface area contributed by atoms with E-state index in [1.165, 1.54) is 28.0 Å². The van der Waals surface area contributed by atoms with Gasteiger partial charge in [-0.3, -0.25) is 14.5 Å². The number of pyridine rings is 2. The smallest absolute Gasteiger partial charge is 0.274 e. The molecule has 11 nitrogen and oxygen atoms in total. The fraction of sp³-hybridized carbons (Fsp3) is 0.462. The van der Waals surface area contributed by atoms with Crippen molar-refractivity contribution in [2.75, 3.05) is 48.0 Å². The minimum Gasteiger partial charge on any atom is -0.392 e. The van der Waals surface area contributed by atoms with E-state index >= 15 is 4.39 Å². The average Bonchev–Trinajstić information content (AvgIpc) is 3.56. The lowest BCUT2D eigenvalue weighted by Crippen LogP contribution is -2.63. The van der Waals surface area contributed by atoms with Gasteiger partial charge in [0.1, 0.15) is 23.0 Å². The molecule has 1 unspecified atom stereocenters. The van der Waals surface area contributed by atoms with E-state index in [1.54, 1.807) is 24.2 Å². The number of hydrogen-bond donors (Lipinski definition) is 2. The number of aromatic nitrogens is 3. The highest BCUT2D eigenvalue weighted by atomic mass is 19.1. The molecule has 2 fully saturated rings. The standard InChI is InChI=1S/C39H46FN7O4/c1-23-18-47(29-21-51-22-29)24(2)17-46(23)28-6-7-36(41-16-28)42-32-10-26(19-43(5)37(32)49)30-12-27(40)13-33(31(30)20-48)45-9-8-44-34(38(45)50)11-25-14-39(3,4)15-35(25)44/h6-7,10-13,16,19,23-24,29,48H,8-9,14-15,17-18,20-22H2,1-5H3,(H,41,42)/t23-,24?/m0/s1. The van der Waals surface area contributed by atoms with Crippen molar-refractivity contribution in [3.05, 3.63) is 87.5 Å². The first kappa shape index (κ1) is 33.6. The second kappa shape index (κ2) is 12.6. The lowest BCUT2D eigenvalue weighted by molar-refractivity contribution is -0.0828. The summed E-state index contributed by atoms with van der Waals surface area (Å²) in [4.78, 5) is 38.4. The second-order valence-electron chi connectivity index (χ2n) is 15.6. The van der Waals surface area contributed by atoms with Crippen molar-refractivity contribution in [3.63, 3.8) is 0 Å². The van der Waals surface area contributed by atoms with Gasteiger partial charge in [0, 0.05) is 68.3 Å². The van der Waals surface area contributed by atoms with Gasteiger partial charge in [0.05, 0.1) is 43.4 Å². The number of ether oxygens (including phenoxy) is 1. The number of aliphatic hydroxyl groups excluding tert-OH is 1. The Morgan fingerprint density at radius 1 is 1.04 bits per heavy atom. The molecule has 3 aromatic heterocycles. The van der Waals surface area contributed by atoms with E-state index in [4.69, 9.17) is 4.74 Å². The van der Waals surface area contributed by atoms with Gasteiger partial charge < -0.3 is 34.1 Å². The lowest BCUT2D eigenvalue weighted by Gasteiger charge is -2.50. The SMILES string of the molecule is CC1CN(c2ccc(Nc3cc(-c4cc(F)cc(N5CCn6c(cc7c6CC(C)(C)C7)C5=O)c4CO)cn(C)c3=O)nc2)[C@@H](C)CN1C1COC1. The summed E-state index contributed by atoms with van der Waals surface area (Å²) >= 11 is 0. The van der Waals surface area contributed by atoms with Gasteiger partial charge in [-0.2, -0.15) is 0 Å². The molecule has 1 amide bonds. The molecule has 268 valence electrons. The summed E-state index contributed by atoms with van der Waals surface area (Å²) in [6, 6.07) is 11.4. The number of halogens is 1. The van der Waals surface area contributed by atoms with Crippen LogP contribution < -0.4 is 20.7 Å². The highest BCUT2D eigenvalue weighted by molar-refractivity contribution is 6.07. The van der Waals surface area contributed by atoms with Crippen LogP contribution in [0.3, 0.4) is 0 Å². The van der Waals surface area contributed by atoms with E-state index in [0.29, 0.717) is 65.1 Å². The molecule has 8 rings (SSSR count). The van der Waals surface area contributed by atoms with Gasteiger partial charge in [-0.15, -0.1) is 0 Å². The predicted molar refractivity (Wildman–Crippen MR) is 195 cm³/mol. The summed E-state index contributed by atoms with van der Waals surface area (Å²) < 4.78 is 24.4. The number of hydrogen-bond acceptors (Lipinski definition) is 8. The molecule has 1 aromatic carbocycles. The highest BCUT2D eigenvalue weighted by Crippen LogP contribution is 2.41. The minimum atomic E-state index is -0.541. The van der Waals surface area contributed by atoms with Gasteiger partial charge in [-0.1, -0.05) is 13.8 Å². The van der Waals surface area contributed by atoms with Crippen LogP contribution in [0.2, 0.25) is 0 Å². The molecule has 12 heteroatoms. The monoisotopic (exact) mass is 695 g/mol. The zero-order valence-electron chi connectivity index (χ0n) is 29.9. The van der Waals surface area contributed by atoms with Gasteiger partial charge >= 0.3 is 0 Å². The number of carbonyl (C=O) groups excluding carboxylic acids is 1. The number of carbonyl (C=O) groups is 1. The predicted octanol–water partition coefficient (Wildman–Crippen LogP) is 4.71. The molecule has 3 aliphatic heterocycles. The van der Waals surface area contributed by atoms with E-state index in [2.05, 4.69) is 52.4 Å². The molecule has 0 spiro atoms. The van der Waals surface area contributed by atoms with E-state index in [1.807, 2.05) is 24.4 Å². The number of anilines is 4. The third-order valence-corrected chi connectivity index (χ3v) is 11.2. The molecular weight excluding hydrogens is 649 g/mol. The Kier molecular flexibility index (Phi) is 8.31. The summed E-state index contributed by atoms with van der Waals surface area (Å²) in [5, 5.41) is 13.9. The Morgan fingerprint density at radius 2 is 1.84 bits per heavy atom. The fourth-order valence-electron chi connectivity index (χ4n) is 8.58. The summed E-state index contributed by atoms with van der Waals surface area (Å²) in [7, 11) is 1.63. The number of aliphatic hydroxyl groups is 1. The van der Waals surface area contributed by atoms with Crippen molar-refractivity contribution >= 4 is 28.8 Å². The minimum absolute atomic E-state index is 0.163.